The smallest absolute Gasteiger partial charge is 0.252 e. The predicted molar refractivity (Wildman–Crippen MR) is 109 cm³/mol. The predicted octanol–water partition coefficient (Wildman–Crippen LogP) is 3.02. The second kappa shape index (κ2) is 8.32. The van der Waals surface area contributed by atoms with E-state index in [-0.39, 0.29) is 30.5 Å². The van der Waals surface area contributed by atoms with Gasteiger partial charge in [0.25, 0.3) is 11.9 Å². The first-order valence-corrected chi connectivity index (χ1v) is 9.38. The van der Waals surface area contributed by atoms with Crippen molar-refractivity contribution in [2.75, 3.05) is 31.5 Å². The highest BCUT2D eigenvalue weighted by atomic mass is 16.5. The Hall–Kier alpha value is -3.39. The molecule has 4 rings (SSSR count). The molecule has 1 amide bonds. The Morgan fingerprint density at radius 3 is 2.59 bits per heavy atom. The van der Waals surface area contributed by atoms with Crippen LogP contribution < -0.4 is 15.4 Å². The van der Waals surface area contributed by atoms with Crippen molar-refractivity contribution in [2.24, 2.45) is 0 Å². The minimum atomic E-state index is -0.295. The Labute approximate surface area is 168 Å². The summed E-state index contributed by atoms with van der Waals surface area (Å²) >= 11 is 0. The Morgan fingerprint density at radius 2 is 1.90 bits per heavy atom. The highest BCUT2D eigenvalue weighted by Gasteiger charge is 2.31. The average molecular weight is 393 g/mol. The maximum Gasteiger partial charge on any atom is 0.252 e. The second-order valence-corrected chi connectivity index (χ2v) is 6.82. The molecule has 0 saturated heterocycles. The number of carbonyl (C=O) groups excluding carboxylic acids is 1. The van der Waals surface area contributed by atoms with Crippen molar-refractivity contribution in [3.63, 3.8) is 0 Å². The number of ether oxygens (including phenoxy) is 2. The molecule has 150 valence electrons. The minimum absolute atomic E-state index is 0.0389. The fraction of sp³-hybridized carbons (Fsp3) is 0.286. The van der Waals surface area contributed by atoms with Gasteiger partial charge in [0, 0.05) is 7.11 Å². The van der Waals surface area contributed by atoms with E-state index in [1.807, 2.05) is 47.1 Å². The quantitative estimate of drug-likeness (QED) is 0.669. The number of anilines is 2. The van der Waals surface area contributed by atoms with Gasteiger partial charge in [0.15, 0.2) is 0 Å². The summed E-state index contributed by atoms with van der Waals surface area (Å²) in [6.45, 7) is -0.0498. The maximum absolute atomic E-state index is 11.9. The number of aromatic nitrogens is 3. The fourth-order valence-electron chi connectivity index (χ4n) is 3.53. The van der Waals surface area contributed by atoms with Crippen molar-refractivity contribution in [1.29, 1.82) is 0 Å². The molecule has 8 heteroatoms. The third-order valence-corrected chi connectivity index (χ3v) is 4.92. The number of rotatable bonds is 6. The molecule has 0 aliphatic carbocycles. The Balaban J connectivity index is 1.68. The van der Waals surface area contributed by atoms with Crippen LogP contribution in [0.5, 0.6) is 5.75 Å². The summed E-state index contributed by atoms with van der Waals surface area (Å²) in [6, 6.07) is 18.2. The summed E-state index contributed by atoms with van der Waals surface area (Å²) in [7, 11) is 3.12. The summed E-state index contributed by atoms with van der Waals surface area (Å²) in [6.07, 6.45) is 0.790. The normalized spacial score (nSPS) is 17.9. The Morgan fingerprint density at radius 1 is 1.14 bits per heavy atom. The van der Waals surface area contributed by atoms with E-state index in [0.717, 1.165) is 17.7 Å². The van der Waals surface area contributed by atoms with E-state index in [2.05, 4.69) is 32.8 Å². The highest BCUT2D eigenvalue weighted by Crippen LogP contribution is 2.38. The van der Waals surface area contributed by atoms with Crippen molar-refractivity contribution in [2.45, 2.75) is 18.5 Å². The number of amides is 1. The van der Waals surface area contributed by atoms with Crippen LogP contribution in [0.1, 0.15) is 29.6 Å². The molecular weight excluding hydrogens is 370 g/mol. The van der Waals surface area contributed by atoms with Crippen LogP contribution in [-0.2, 0) is 9.53 Å². The number of hydrogen-bond donors (Lipinski definition) is 2. The van der Waals surface area contributed by atoms with E-state index < -0.39 is 0 Å². The molecule has 2 heterocycles. The van der Waals surface area contributed by atoms with Gasteiger partial charge in [-0.25, -0.2) is 4.68 Å². The average Bonchev–Trinajstić information content (AvgIpc) is 3.16. The molecule has 2 aromatic carbocycles. The van der Waals surface area contributed by atoms with E-state index in [9.17, 15) is 4.79 Å². The second-order valence-electron chi connectivity index (χ2n) is 6.82. The van der Waals surface area contributed by atoms with Gasteiger partial charge in [0.2, 0.25) is 5.95 Å². The van der Waals surface area contributed by atoms with Crippen molar-refractivity contribution in [3.8, 4) is 5.75 Å². The molecule has 0 bridgehead atoms. The summed E-state index contributed by atoms with van der Waals surface area (Å²) in [5.74, 6) is 1.37. The summed E-state index contributed by atoms with van der Waals surface area (Å²) in [5, 5.41) is 10.6. The van der Waals surface area contributed by atoms with E-state index in [4.69, 9.17) is 9.47 Å². The third kappa shape index (κ3) is 4.07. The van der Waals surface area contributed by atoms with Crippen molar-refractivity contribution >= 4 is 17.8 Å². The number of hydrogen-bond acceptors (Lipinski definition) is 6. The van der Waals surface area contributed by atoms with Crippen LogP contribution in [0.15, 0.2) is 54.6 Å². The zero-order valence-corrected chi connectivity index (χ0v) is 16.3. The van der Waals surface area contributed by atoms with Gasteiger partial charge in [0.05, 0.1) is 19.2 Å². The molecule has 0 unspecified atom stereocenters. The molecule has 8 nitrogen and oxygen atoms in total. The lowest BCUT2D eigenvalue weighted by atomic mass is 9.93. The fourth-order valence-corrected chi connectivity index (χ4v) is 3.53. The number of carbonyl (C=O) groups is 1. The number of nitrogens with one attached hydrogen (secondary N) is 2. The third-order valence-electron chi connectivity index (χ3n) is 4.92. The molecule has 1 aliphatic heterocycles. The van der Waals surface area contributed by atoms with Crippen molar-refractivity contribution in [1.82, 2.24) is 14.8 Å². The molecular formula is C21H23N5O3. The van der Waals surface area contributed by atoms with Crippen molar-refractivity contribution < 1.29 is 14.3 Å². The molecule has 2 N–H and O–H groups in total. The largest absolute Gasteiger partial charge is 0.497 e. The van der Waals surface area contributed by atoms with Gasteiger partial charge in [-0.15, -0.1) is 5.10 Å². The minimum Gasteiger partial charge on any atom is -0.497 e. The molecule has 1 aromatic heterocycles. The lowest BCUT2D eigenvalue weighted by Gasteiger charge is -2.31. The molecule has 0 spiro atoms. The van der Waals surface area contributed by atoms with Crippen molar-refractivity contribution in [3.05, 3.63) is 65.7 Å². The molecule has 0 saturated carbocycles. The topological polar surface area (TPSA) is 90.3 Å². The zero-order valence-electron chi connectivity index (χ0n) is 16.3. The van der Waals surface area contributed by atoms with Crippen LogP contribution in [0.3, 0.4) is 0 Å². The summed E-state index contributed by atoms with van der Waals surface area (Å²) < 4.78 is 12.0. The maximum atomic E-state index is 11.9. The molecule has 0 radical (unpaired) electrons. The summed E-state index contributed by atoms with van der Waals surface area (Å²) in [5.41, 5.74) is 2.26. The molecule has 1 aliphatic rings. The first kappa shape index (κ1) is 18.9. The SMILES string of the molecule is COCC(=O)Nc1nc2n(n1)[C@H](c1ccc(OC)cc1)C[C@@H](c1ccccc1)N2. The van der Waals surface area contributed by atoms with E-state index >= 15 is 0 Å². The van der Waals surface area contributed by atoms with Gasteiger partial charge < -0.3 is 14.8 Å². The number of fused-ring (bicyclic) bond motifs is 1. The number of nitrogens with zero attached hydrogens (tertiary/aromatic N) is 3. The molecule has 2 atom stereocenters. The molecule has 0 fully saturated rings. The van der Waals surface area contributed by atoms with Crippen LogP contribution in [0.25, 0.3) is 0 Å². The van der Waals surface area contributed by atoms with E-state index in [1.54, 1.807) is 7.11 Å². The van der Waals surface area contributed by atoms with Gasteiger partial charge in [-0.05, 0) is 29.7 Å². The van der Waals surface area contributed by atoms with Gasteiger partial charge in [-0.2, -0.15) is 4.98 Å². The number of methoxy groups -OCH3 is 2. The Kier molecular flexibility index (Phi) is 5.44. The zero-order chi connectivity index (χ0) is 20.2. The van der Waals surface area contributed by atoms with E-state index in [1.165, 1.54) is 12.7 Å². The van der Waals surface area contributed by atoms with Crippen LogP contribution in [0.2, 0.25) is 0 Å². The van der Waals surface area contributed by atoms with E-state index in [0.29, 0.717) is 5.95 Å². The molecule has 3 aromatic rings. The van der Waals surface area contributed by atoms with Crippen LogP contribution >= 0.6 is 0 Å². The van der Waals surface area contributed by atoms with Gasteiger partial charge in [-0.3, -0.25) is 10.1 Å². The molecule has 29 heavy (non-hydrogen) atoms. The van der Waals surface area contributed by atoms with Crippen LogP contribution in [-0.4, -0.2) is 41.5 Å². The lowest BCUT2D eigenvalue weighted by Crippen LogP contribution is -2.28. The first-order valence-electron chi connectivity index (χ1n) is 9.38. The van der Waals surface area contributed by atoms with Crippen LogP contribution in [0.4, 0.5) is 11.9 Å². The first-order chi connectivity index (χ1) is 14.2. The van der Waals surface area contributed by atoms with Gasteiger partial charge in [-0.1, -0.05) is 42.5 Å². The summed E-state index contributed by atoms with van der Waals surface area (Å²) in [4.78, 5) is 16.4. The standard InChI is InChI=1S/C21H23N5O3/c1-28-13-19(27)23-20-24-21-22-17(14-6-4-3-5-7-14)12-18(26(21)25-20)15-8-10-16(29-2)11-9-15/h3-11,17-18H,12-13H2,1-2H3,(H2,22,23,24,25,27)/t17-,18-/m0/s1. The monoisotopic (exact) mass is 393 g/mol. The highest BCUT2D eigenvalue weighted by molar-refractivity contribution is 5.90. The van der Waals surface area contributed by atoms with Gasteiger partial charge in [0.1, 0.15) is 12.4 Å². The number of benzene rings is 2. The van der Waals surface area contributed by atoms with Gasteiger partial charge >= 0.3 is 0 Å². The van der Waals surface area contributed by atoms with Crippen LogP contribution in [0, 0.1) is 0 Å². The lowest BCUT2D eigenvalue weighted by molar-refractivity contribution is -0.119. The Bertz CT molecular complexity index is 972.